The standard InChI is InChI=1S/C22H24BrN3O/c1-24-20(21(23)22(27)26(24)19-10-6-3-7-11-19)16-25-14-12-18(13-15-25)17-8-4-2-5-9-17/h2-11,18H,12-16H2,1H3. The number of para-hydroxylation sites is 1. The zero-order valence-corrected chi connectivity index (χ0v) is 17.1. The largest absolute Gasteiger partial charge is 0.297 e. The van der Waals surface area contributed by atoms with Crippen molar-refractivity contribution in [2.75, 3.05) is 13.1 Å². The molecule has 0 atom stereocenters. The number of benzene rings is 2. The van der Waals surface area contributed by atoms with E-state index in [0.717, 1.165) is 43.9 Å². The van der Waals surface area contributed by atoms with E-state index in [1.165, 1.54) is 5.56 Å². The molecule has 0 aliphatic carbocycles. The first-order chi connectivity index (χ1) is 13.1. The van der Waals surface area contributed by atoms with Gasteiger partial charge in [-0.3, -0.25) is 14.4 Å². The Kier molecular flexibility index (Phi) is 5.32. The van der Waals surface area contributed by atoms with Crippen molar-refractivity contribution in [3.8, 4) is 5.69 Å². The van der Waals surface area contributed by atoms with Crippen molar-refractivity contribution in [3.05, 3.63) is 86.7 Å². The van der Waals surface area contributed by atoms with E-state index in [2.05, 4.69) is 51.2 Å². The third-order valence-corrected chi connectivity index (χ3v) is 6.35. The maximum Gasteiger partial charge on any atom is 0.286 e. The molecule has 4 nitrogen and oxygen atoms in total. The summed E-state index contributed by atoms with van der Waals surface area (Å²) < 4.78 is 4.38. The summed E-state index contributed by atoms with van der Waals surface area (Å²) in [7, 11) is 1.96. The zero-order valence-electron chi connectivity index (χ0n) is 15.5. The lowest BCUT2D eigenvalue weighted by Crippen LogP contribution is -2.33. The number of hydrogen-bond donors (Lipinski definition) is 0. The summed E-state index contributed by atoms with van der Waals surface area (Å²) in [6.07, 6.45) is 2.32. The Morgan fingerprint density at radius 3 is 2.19 bits per heavy atom. The Morgan fingerprint density at radius 1 is 0.963 bits per heavy atom. The zero-order chi connectivity index (χ0) is 18.8. The van der Waals surface area contributed by atoms with Crippen LogP contribution in [0.4, 0.5) is 0 Å². The van der Waals surface area contributed by atoms with Crippen LogP contribution in [0.1, 0.15) is 30.0 Å². The average molecular weight is 426 g/mol. The van der Waals surface area contributed by atoms with Crippen LogP contribution < -0.4 is 5.56 Å². The van der Waals surface area contributed by atoms with Crippen LogP contribution in [0.25, 0.3) is 5.69 Å². The highest BCUT2D eigenvalue weighted by Crippen LogP contribution is 2.29. The molecule has 5 heteroatoms. The maximum atomic E-state index is 12.8. The van der Waals surface area contributed by atoms with Crippen LogP contribution in [0.15, 0.2) is 69.9 Å². The van der Waals surface area contributed by atoms with Gasteiger partial charge in [0.1, 0.15) is 4.47 Å². The van der Waals surface area contributed by atoms with Crippen molar-refractivity contribution in [3.63, 3.8) is 0 Å². The molecule has 2 aromatic carbocycles. The molecular formula is C22H24BrN3O. The van der Waals surface area contributed by atoms with Gasteiger partial charge in [-0.15, -0.1) is 0 Å². The third-order valence-electron chi connectivity index (χ3n) is 5.56. The Labute approximate surface area is 168 Å². The summed E-state index contributed by atoms with van der Waals surface area (Å²) in [5.74, 6) is 0.642. The molecule has 0 radical (unpaired) electrons. The number of hydrogen-bond acceptors (Lipinski definition) is 2. The van der Waals surface area contributed by atoms with E-state index in [0.29, 0.717) is 10.4 Å². The van der Waals surface area contributed by atoms with Crippen molar-refractivity contribution >= 4 is 15.9 Å². The molecule has 0 N–H and O–H groups in total. The lowest BCUT2D eigenvalue weighted by Gasteiger charge is -2.32. The van der Waals surface area contributed by atoms with E-state index in [-0.39, 0.29) is 5.56 Å². The van der Waals surface area contributed by atoms with E-state index in [9.17, 15) is 4.79 Å². The Balaban J connectivity index is 1.50. The van der Waals surface area contributed by atoms with Gasteiger partial charge in [0, 0.05) is 13.6 Å². The predicted octanol–water partition coefficient (Wildman–Crippen LogP) is 4.32. The van der Waals surface area contributed by atoms with Crippen molar-refractivity contribution in [1.29, 1.82) is 0 Å². The molecule has 1 saturated heterocycles. The van der Waals surface area contributed by atoms with Crippen molar-refractivity contribution in [2.45, 2.75) is 25.3 Å². The van der Waals surface area contributed by atoms with Crippen LogP contribution in [0.5, 0.6) is 0 Å². The molecule has 2 heterocycles. The normalized spacial score (nSPS) is 15.9. The summed E-state index contributed by atoms with van der Waals surface area (Å²) >= 11 is 3.54. The molecule has 0 saturated carbocycles. The summed E-state index contributed by atoms with van der Waals surface area (Å²) in [5.41, 5.74) is 3.36. The highest BCUT2D eigenvalue weighted by Gasteiger charge is 2.24. The fourth-order valence-electron chi connectivity index (χ4n) is 4.01. The molecule has 1 aromatic heterocycles. The molecule has 0 amide bonds. The fraction of sp³-hybridized carbons (Fsp3) is 0.318. The van der Waals surface area contributed by atoms with Crippen LogP contribution in [0.2, 0.25) is 0 Å². The van der Waals surface area contributed by atoms with Crippen LogP contribution in [0, 0.1) is 0 Å². The molecule has 1 aliphatic rings. The molecule has 0 spiro atoms. The Hall–Kier alpha value is -2.11. The SMILES string of the molecule is Cn1c(CN2CCC(c3ccccc3)CC2)c(Br)c(=O)n1-c1ccccc1. The van der Waals surface area contributed by atoms with E-state index < -0.39 is 0 Å². The van der Waals surface area contributed by atoms with E-state index in [1.807, 2.05) is 42.1 Å². The van der Waals surface area contributed by atoms with Crippen LogP contribution >= 0.6 is 15.9 Å². The smallest absolute Gasteiger partial charge is 0.286 e. The number of likely N-dealkylation sites (tertiary alicyclic amines) is 1. The van der Waals surface area contributed by atoms with Crippen molar-refractivity contribution in [1.82, 2.24) is 14.3 Å². The number of aromatic nitrogens is 2. The van der Waals surface area contributed by atoms with Crippen molar-refractivity contribution < 1.29 is 0 Å². The average Bonchev–Trinajstić information content (AvgIpc) is 2.93. The summed E-state index contributed by atoms with van der Waals surface area (Å²) in [6.45, 7) is 2.89. The first-order valence-corrected chi connectivity index (χ1v) is 10.2. The maximum absolute atomic E-state index is 12.8. The van der Waals surface area contributed by atoms with Gasteiger partial charge < -0.3 is 0 Å². The second kappa shape index (κ2) is 7.87. The molecule has 4 rings (SSSR count). The number of nitrogens with zero attached hydrogens (tertiary/aromatic N) is 3. The fourth-order valence-corrected chi connectivity index (χ4v) is 4.56. The summed E-state index contributed by atoms with van der Waals surface area (Å²) in [6, 6.07) is 20.6. The molecular weight excluding hydrogens is 402 g/mol. The molecule has 3 aromatic rings. The molecule has 1 fully saturated rings. The lowest BCUT2D eigenvalue weighted by atomic mass is 9.89. The monoisotopic (exact) mass is 425 g/mol. The van der Waals surface area contributed by atoms with E-state index in [1.54, 1.807) is 4.68 Å². The van der Waals surface area contributed by atoms with Gasteiger partial charge in [-0.25, -0.2) is 4.68 Å². The summed E-state index contributed by atoms with van der Waals surface area (Å²) in [5, 5.41) is 0. The molecule has 0 unspecified atom stereocenters. The highest BCUT2D eigenvalue weighted by molar-refractivity contribution is 9.10. The highest BCUT2D eigenvalue weighted by atomic mass is 79.9. The van der Waals surface area contributed by atoms with Gasteiger partial charge in [-0.05, 0) is 65.5 Å². The Bertz CT molecular complexity index is 954. The number of rotatable bonds is 4. The van der Waals surface area contributed by atoms with Crippen molar-refractivity contribution in [2.24, 2.45) is 7.05 Å². The van der Waals surface area contributed by atoms with Gasteiger partial charge >= 0.3 is 0 Å². The minimum Gasteiger partial charge on any atom is -0.297 e. The van der Waals surface area contributed by atoms with Gasteiger partial charge in [-0.2, -0.15) is 0 Å². The second-order valence-corrected chi connectivity index (χ2v) is 7.99. The van der Waals surface area contributed by atoms with Crippen LogP contribution in [-0.2, 0) is 13.6 Å². The van der Waals surface area contributed by atoms with Gasteiger partial charge in [0.2, 0.25) is 0 Å². The Morgan fingerprint density at radius 2 is 1.56 bits per heavy atom. The van der Waals surface area contributed by atoms with E-state index in [4.69, 9.17) is 0 Å². The molecule has 140 valence electrons. The quantitative estimate of drug-likeness (QED) is 0.622. The first-order valence-electron chi connectivity index (χ1n) is 9.44. The molecule has 27 heavy (non-hydrogen) atoms. The number of piperidine rings is 1. The minimum atomic E-state index is -0.00197. The topological polar surface area (TPSA) is 30.2 Å². The second-order valence-electron chi connectivity index (χ2n) is 7.20. The predicted molar refractivity (Wildman–Crippen MR) is 112 cm³/mol. The van der Waals surface area contributed by atoms with Crippen LogP contribution in [0.3, 0.4) is 0 Å². The third kappa shape index (κ3) is 3.66. The van der Waals surface area contributed by atoms with Gasteiger partial charge in [-0.1, -0.05) is 48.5 Å². The van der Waals surface area contributed by atoms with Gasteiger partial charge in [0.05, 0.1) is 11.4 Å². The van der Waals surface area contributed by atoms with Gasteiger partial charge in [0.25, 0.3) is 5.56 Å². The molecule has 1 aliphatic heterocycles. The number of halogens is 1. The van der Waals surface area contributed by atoms with Crippen LogP contribution in [-0.4, -0.2) is 27.4 Å². The lowest BCUT2D eigenvalue weighted by molar-refractivity contribution is 0.199. The summed E-state index contributed by atoms with van der Waals surface area (Å²) in [4.78, 5) is 15.2. The first kappa shape index (κ1) is 18.3. The van der Waals surface area contributed by atoms with Gasteiger partial charge in [0.15, 0.2) is 0 Å². The minimum absolute atomic E-state index is 0.00197. The molecule has 0 bridgehead atoms. The van der Waals surface area contributed by atoms with E-state index >= 15 is 0 Å².